The van der Waals surface area contributed by atoms with E-state index in [1.54, 1.807) is 7.11 Å². The van der Waals surface area contributed by atoms with Crippen molar-refractivity contribution in [3.63, 3.8) is 0 Å². The molecule has 0 radical (unpaired) electrons. The number of rotatable bonds is 5. The van der Waals surface area contributed by atoms with Crippen molar-refractivity contribution in [2.45, 2.75) is 25.8 Å². The highest BCUT2D eigenvalue weighted by Gasteiger charge is 2.54. The van der Waals surface area contributed by atoms with Gasteiger partial charge in [-0.3, -0.25) is 4.79 Å². The lowest BCUT2D eigenvalue weighted by Gasteiger charge is -2.19. The van der Waals surface area contributed by atoms with E-state index in [0.29, 0.717) is 12.8 Å². The van der Waals surface area contributed by atoms with Gasteiger partial charge >= 0.3 is 0 Å². The molecule has 20 heavy (non-hydrogen) atoms. The Labute approximate surface area is 117 Å². The van der Waals surface area contributed by atoms with E-state index >= 15 is 0 Å². The summed E-state index contributed by atoms with van der Waals surface area (Å²) in [5.41, 5.74) is 5.73. The van der Waals surface area contributed by atoms with Crippen molar-refractivity contribution in [3.8, 4) is 5.75 Å². The normalized spacial score (nSPS) is 18.2. The summed E-state index contributed by atoms with van der Waals surface area (Å²) in [7, 11) is 1.61. The third-order valence-electron chi connectivity index (χ3n) is 3.75. The number of oxime groups is 1. The Hall–Kier alpha value is -2.24. The van der Waals surface area contributed by atoms with Crippen molar-refractivity contribution in [2.24, 2.45) is 16.3 Å². The highest BCUT2D eigenvalue weighted by Crippen LogP contribution is 2.46. The molecule has 1 aromatic rings. The number of ether oxygens (including phenoxy) is 1. The van der Waals surface area contributed by atoms with Crippen molar-refractivity contribution in [1.29, 1.82) is 0 Å². The topological polar surface area (TPSA) is 96.9 Å². The maximum atomic E-state index is 12.2. The molecular formula is C14H19N3O3. The zero-order valence-electron chi connectivity index (χ0n) is 11.6. The average molecular weight is 277 g/mol. The lowest BCUT2D eigenvalue weighted by molar-refractivity contribution is -0.124. The lowest BCUT2D eigenvalue weighted by atomic mass is 10.0. The van der Waals surface area contributed by atoms with Crippen LogP contribution in [-0.4, -0.2) is 24.1 Å². The molecule has 1 atom stereocenters. The second-order valence-corrected chi connectivity index (χ2v) is 5.04. The van der Waals surface area contributed by atoms with Crippen LogP contribution in [0.3, 0.4) is 0 Å². The number of amidine groups is 1. The van der Waals surface area contributed by atoms with E-state index in [0.717, 1.165) is 11.3 Å². The molecule has 0 saturated heterocycles. The molecule has 1 aliphatic rings. The number of benzene rings is 1. The maximum Gasteiger partial charge on any atom is 0.234 e. The predicted octanol–water partition coefficient (Wildman–Crippen LogP) is 1.40. The van der Waals surface area contributed by atoms with Gasteiger partial charge in [0.25, 0.3) is 0 Å². The molecule has 2 rings (SSSR count). The third-order valence-corrected chi connectivity index (χ3v) is 3.75. The van der Waals surface area contributed by atoms with E-state index in [1.165, 1.54) is 0 Å². The van der Waals surface area contributed by atoms with Crippen molar-refractivity contribution in [3.05, 3.63) is 29.8 Å². The largest absolute Gasteiger partial charge is 0.497 e. The first-order valence-electron chi connectivity index (χ1n) is 6.46. The van der Waals surface area contributed by atoms with Crippen LogP contribution >= 0.6 is 0 Å². The summed E-state index contributed by atoms with van der Waals surface area (Å²) in [6.07, 6.45) is 1.23. The molecule has 0 spiro atoms. The lowest BCUT2D eigenvalue weighted by Crippen LogP contribution is -2.41. The van der Waals surface area contributed by atoms with Gasteiger partial charge < -0.3 is 21.0 Å². The fraction of sp³-hybridized carbons (Fsp3) is 0.429. The molecule has 6 heteroatoms. The number of methoxy groups -OCH3 is 1. The smallest absolute Gasteiger partial charge is 0.234 e. The van der Waals surface area contributed by atoms with E-state index in [9.17, 15) is 4.79 Å². The summed E-state index contributed by atoms with van der Waals surface area (Å²) in [5, 5.41) is 14.6. The third kappa shape index (κ3) is 2.54. The predicted molar refractivity (Wildman–Crippen MR) is 74.6 cm³/mol. The van der Waals surface area contributed by atoms with E-state index < -0.39 is 5.41 Å². The molecule has 1 amide bonds. The van der Waals surface area contributed by atoms with Gasteiger partial charge in [-0.05, 0) is 37.5 Å². The molecule has 0 aliphatic heterocycles. The molecule has 0 heterocycles. The van der Waals surface area contributed by atoms with Gasteiger partial charge in [-0.15, -0.1) is 0 Å². The molecule has 4 N–H and O–H groups in total. The molecule has 1 aromatic carbocycles. The fourth-order valence-electron chi connectivity index (χ4n) is 2.13. The number of hydrogen-bond acceptors (Lipinski definition) is 4. The highest BCUT2D eigenvalue weighted by atomic mass is 16.5. The number of hydrogen-bond donors (Lipinski definition) is 3. The van der Waals surface area contributed by atoms with E-state index in [2.05, 4.69) is 10.5 Å². The molecule has 1 aliphatic carbocycles. The van der Waals surface area contributed by atoms with Crippen LogP contribution in [0.15, 0.2) is 29.4 Å². The summed E-state index contributed by atoms with van der Waals surface area (Å²) in [6, 6.07) is 7.32. The summed E-state index contributed by atoms with van der Waals surface area (Å²) in [6.45, 7) is 1.89. The average Bonchev–Trinajstić information content (AvgIpc) is 3.28. The number of nitrogens with zero attached hydrogens (tertiary/aromatic N) is 1. The van der Waals surface area contributed by atoms with E-state index in [-0.39, 0.29) is 17.8 Å². The van der Waals surface area contributed by atoms with Gasteiger partial charge in [0.1, 0.15) is 11.2 Å². The zero-order valence-corrected chi connectivity index (χ0v) is 11.6. The van der Waals surface area contributed by atoms with Crippen molar-refractivity contribution in [1.82, 2.24) is 5.32 Å². The standard InChI is InChI=1S/C14H19N3O3/c1-9(10-3-5-11(20-2)6-4-10)16-13(18)14(7-8-14)12(15)17-19/h3-6,9,19H,7-8H2,1-2H3,(H2,15,17)(H,16,18). The summed E-state index contributed by atoms with van der Waals surface area (Å²) >= 11 is 0. The van der Waals surface area contributed by atoms with Crippen LogP contribution in [0.25, 0.3) is 0 Å². The minimum atomic E-state index is -0.824. The highest BCUT2D eigenvalue weighted by molar-refractivity contribution is 6.09. The Kier molecular flexibility index (Phi) is 3.83. The molecule has 1 saturated carbocycles. The molecule has 108 valence electrons. The molecular weight excluding hydrogens is 258 g/mol. The fourth-order valence-corrected chi connectivity index (χ4v) is 2.13. The minimum absolute atomic E-state index is 0.0167. The molecule has 0 aromatic heterocycles. The monoisotopic (exact) mass is 277 g/mol. The second kappa shape index (κ2) is 5.40. The van der Waals surface area contributed by atoms with Gasteiger partial charge in [-0.1, -0.05) is 17.3 Å². The van der Waals surface area contributed by atoms with Crippen LogP contribution in [0, 0.1) is 5.41 Å². The van der Waals surface area contributed by atoms with Gasteiger partial charge in [0.15, 0.2) is 5.84 Å². The number of nitrogens with one attached hydrogen (secondary N) is 1. The quantitative estimate of drug-likeness (QED) is 0.328. The summed E-state index contributed by atoms with van der Waals surface area (Å²) in [4.78, 5) is 12.2. The number of carbonyl (C=O) groups excluding carboxylic acids is 1. The van der Waals surface area contributed by atoms with Crippen LogP contribution in [0.4, 0.5) is 0 Å². The second-order valence-electron chi connectivity index (χ2n) is 5.04. The molecule has 6 nitrogen and oxygen atoms in total. The van der Waals surface area contributed by atoms with Crippen molar-refractivity contribution < 1.29 is 14.7 Å². The molecule has 0 bridgehead atoms. The van der Waals surface area contributed by atoms with Gasteiger partial charge in [-0.25, -0.2) is 0 Å². The van der Waals surface area contributed by atoms with Crippen LogP contribution in [-0.2, 0) is 4.79 Å². The zero-order chi connectivity index (χ0) is 14.8. The number of nitrogens with two attached hydrogens (primary N) is 1. The first kappa shape index (κ1) is 14.2. The van der Waals surface area contributed by atoms with Crippen LogP contribution in [0.5, 0.6) is 5.75 Å². The van der Waals surface area contributed by atoms with Gasteiger partial charge in [0, 0.05) is 0 Å². The van der Waals surface area contributed by atoms with E-state index in [4.69, 9.17) is 15.7 Å². The van der Waals surface area contributed by atoms with E-state index in [1.807, 2.05) is 31.2 Å². The Morgan fingerprint density at radius 2 is 2.05 bits per heavy atom. The summed E-state index contributed by atoms with van der Waals surface area (Å²) < 4.78 is 5.09. The number of carbonyl (C=O) groups is 1. The van der Waals surface area contributed by atoms with Crippen molar-refractivity contribution in [2.75, 3.05) is 7.11 Å². The van der Waals surface area contributed by atoms with Gasteiger partial charge in [0.2, 0.25) is 5.91 Å². The SMILES string of the molecule is COc1ccc(C(C)NC(=O)C2(/C(N)=N/O)CC2)cc1. The Morgan fingerprint density at radius 1 is 1.45 bits per heavy atom. The minimum Gasteiger partial charge on any atom is -0.497 e. The maximum absolute atomic E-state index is 12.2. The van der Waals surface area contributed by atoms with Crippen LogP contribution in [0.2, 0.25) is 0 Å². The first-order chi connectivity index (χ1) is 9.53. The van der Waals surface area contributed by atoms with Crippen molar-refractivity contribution >= 4 is 11.7 Å². The Morgan fingerprint density at radius 3 is 2.50 bits per heavy atom. The first-order valence-corrected chi connectivity index (χ1v) is 6.46. The number of amides is 1. The molecule has 1 fully saturated rings. The summed E-state index contributed by atoms with van der Waals surface area (Å²) in [5.74, 6) is 0.552. The van der Waals surface area contributed by atoms with Crippen LogP contribution in [0.1, 0.15) is 31.4 Å². The molecule has 1 unspecified atom stereocenters. The van der Waals surface area contributed by atoms with Gasteiger partial charge in [-0.2, -0.15) is 0 Å². The Bertz CT molecular complexity index is 521. The van der Waals surface area contributed by atoms with Gasteiger partial charge in [0.05, 0.1) is 13.2 Å². The van der Waals surface area contributed by atoms with Crippen LogP contribution < -0.4 is 15.8 Å². The Balaban J connectivity index is 2.04.